The Morgan fingerprint density at radius 1 is 1.30 bits per heavy atom. The summed E-state index contributed by atoms with van der Waals surface area (Å²) in [5, 5.41) is 3.34. The van der Waals surface area contributed by atoms with Gasteiger partial charge in [0.05, 0.1) is 0 Å². The number of alkyl halides is 3. The van der Waals surface area contributed by atoms with Crippen molar-refractivity contribution in [3.05, 3.63) is 52.6 Å². The average Bonchev–Trinajstić information content (AvgIpc) is 3.04. The first kappa shape index (κ1) is 20.7. The molecule has 0 fully saturated rings. The molecule has 0 bridgehead atoms. The molecular formula is C16H14ClF4N3O3. The molecule has 146 valence electrons. The van der Waals surface area contributed by atoms with Gasteiger partial charge in [-0.2, -0.15) is 18.3 Å². The van der Waals surface area contributed by atoms with E-state index in [-0.39, 0.29) is 17.1 Å². The number of hydrogen-bond donors (Lipinski definition) is 0. The lowest BCUT2D eigenvalue weighted by Gasteiger charge is -2.18. The number of rotatable bonds is 6. The van der Waals surface area contributed by atoms with Gasteiger partial charge in [-0.1, -0.05) is 17.7 Å². The second kappa shape index (κ2) is 8.38. The van der Waals surface area contributed by atoms with E-state index in [1.54, 1.807) is 0 Å². The maximum Gasteiger partial charge on any atom is 0.435 e. The molecule has 0 aliphatic carbocycles. The molecule has 11 heteroatoms. The van der Waals surface area contributed by atoms with Gasteiger partial charge in [0, 0.05) is 30.4 Å². The normalized spacial score (nSPS) is 11.3. The minimum absolute atomic E-state index is 0.109. The Kier molecular flexibility index (Phi) is 6.42. The Labute approximate surface area is 156 Å². The topological polar surface area (TPSA) is 64.4 Å². The van der Waals surface area contributed by atoms with Gasteiger partial charge in [-0.15, -0.1) is 0 Å². The Balaban J connectivity index is 1.85. The number of esters is 1. The van der Waals surface area contributed by atoms with Gasteiger partial charge in [0.2, 0.25) is 0 Å². The summed E-state index contributed by atoms with van der Waals surface area (Å²) in [7, 11) is 1.36. The Morgan fingerprint density at radius 2 is 2.00 bits per heavy atom. The third-order valence-electron chi connectivity index (χ3n) is 3.46. The van der Waals surface area contributed by atoms with Crippen molar-refractivity contribution in [1.82, 2.24) is 14.7 Å². The van der Waals surface area contributed by atoms with Crippen molar-refractivity contribution in [1.29, 1.82) is 0 Å². The summed E-state index contributed by atoms with van der Waals surface area (Å²) in [6.45, 7) is -1.39. The van der Waals surface area contributed by atoms with E-state index in [2.05, 4.69) is 5.10 Å². The summed E-state index contributed by atoms with van der Waals surface area (Å²) in [5.74, 6) is -2.17. The molecule has 0 aliphatic heterocycles. The van der Waals surface area contributed by atoms with Crippen molar-refractivity contribution in [2.75, 3.05) is 13.7 Å². The number of ether oxygens (including phenoxy) is 1. The van der Waals surface area contributed by atoms with Gasteiger partial charge in [0.25, 0.3) is 5.91 Å². The number of benzene rings is 1. The van der Waals surface area contributed by atoms with Crippen LogP contribution in [0.1, 0.15) is 11.3 Å². The van der Waals surface area contributed by atoms with Gasteiger partial charge in [0.15, 0.2) is 12.3 Å². The molecule has 1 aromatic heterocycles. The molecule has 0 saturated heterocycles. The second-order valence-electron chi connectivity index (χ2n) is 5.51. The summed E-state index contributed by atoms with van der Waals surface area (Å²) < 4.78 is 56.5. The molecule has 0 radical (unpaired) electrons. The first-order chi connectivity index (χ1) is 12.6. The fraction of sp³-hybridized carbons (Fsp3) is 0.312. The number of likely N-dealkylation sites (N-methyl/N-ethyl adjacent to an activating group) is 1. The highest BCUT2D eigenvalue weighted by Gasteiger charge is 2.33. The van der Waals surface area contributed by atoms with Gasteiger partial charge < -0.3 is 9.64 Å². The molecule has 0 spiro atoms. The highest BCUT2D eigenvalue weighted by atomic mass is 35.5. The number of hydrogen-bond acceptors (Lipinski definition) is 4. The third kappa shape index (κ3) is 5.68. The zero-order valence-electron chi connectivity index (χ0n) is 14.0. The number of halogens is 5. The monoisotopic (exact) mass is 407 g/mol. The van der Waals surface area contributed by atoms with Crippen LogP contribution in [0.5, 0.6) is 0 Å². The van der Waals surface area contributed by atoms with Crippen LogP contribution in [0.2, 0.25) is 5.02 Å². The zero-order chi connectivity index (χ0) is 20.2. The van der Waals surface area contributed by atoms with Crippen molar-refractivity contribution in [3.63, 3.8) is 0 Å². The van der Waals surface area contributed by atoms with E-state index >= 15 is 0 Å². The van der Waals surface area contributed by atoms with E-state index in [0.717, 1.165) is 15.8 Å². The number of carbonyl (C=O) groups is 2. The second-order valence-corrected chi connectivity index (χ2v) is 5.91. The summed E-state index contributed by atoms with van der Waals surface area (Å²) in [6.07, 6.45) is -3.65. The minimum atomic E-state index is -4.62. The molecule has 0 atom stereocenters. The third-order valence-corrected chi connectivity index (χ3v) is 3.82. The molecule has 6 nitrogen and oxygen atoms in total. The molecule has 1 aromatic carbocycles. The van der Waals surface area contributed by atoms with Crippen LogP contribution < -0.4 is 0 Å². The van der Waals surface area contributed by atoms with Crippen molar-refractivity contribution in [2.24, 2.45) is 0 Å². The van der Waals surface area contributed by atoms with Crippen molar-refractivity contribution in [3.8, 4) is 0 Å². The van der Waals surface area contributed by atoms with Crippen LogP contribution >= 0.6 is 11.6 Å². The number of carbonyl (C=O) groups excluding carboxylic acids is 2. The van der Waals surface area contributed by atoms with E-state index in [9.17, 15) is 27.2 Å². The highest BCUT2D eigenvalue weighted by Crippen LogP contribution is 2.27. The van der Waals surface area contributed by atoms with E-state index in [0.29, 0.717) is 6.07 Å². The van der Waals surface area contributed by atoms with Crippen molar-refractivity contribution >= 4 is 23.5 Å². The predicted octanol–water partition coefficient (Wildman–Crippen LogP) is 2.90. The van der Waals surface area contributed by atoms with E-state index in [1.165, 1.54) is 25.2 Å². The lowest BCUT2D eigenvalue weighted by Crippen LogP contribution is -2.31. The summed E-state index contributed by atoms with van der Waals surface area (Å²) in [5.41, 5.74) is -1.04. The fourth-order valence-corrected chi connectivity index (χ4v) is 2.26. The number of nitrogens with zero attached hydrogens (tertiary/aromatic N) is 3. The molecule has 1 heterocycles. The zero-order valence-corrected chi connectivity index (χ0v) is 14.7. The SMILES string of the molecule is CN(Cc1c(F)cccc1Cl)C(=O)COC(=O)Cn1ccc(C(F)(F)F)n1. The maximum absolute atomic E-state index is 13.7. The lowest BCUT2D eigenvalue weighted by molar-refractivity contribution is -0.152. The smallest absolute Gasteiger partial charge is 0.435 e. The quantitative estimate of drug-likeness (QED) is 0.545. The van der Waals surface area contributed by atoms with E-state index in [1.807, 2.05) is 0 Å². The standard InChI is InChI=1S/C16H14ClF4N3O3/c1-23(7-10-11(17)3-2-4-12(10)18)14(25)9-27-15(26)8-24-6-5-13(22-24)16(19,20)21/h2-6H,7-9H2,1H3. The van der Waals surface area contributed by atoms with Crippen LogP contribution in [-0.4, -0.2) is 40.2 Å². The summed E-state index contributed by atoms with van der Waals surface area (Å²) >= 11 is 5.88. The summed E-state index contributed by atoms with van der Waals surface area (Å²) in [4.78, 5) is 24.7. The average molecular weight is 408 g/mol. The van der Waals surface area contributed by atoms with Crippen molar-refractivity contribution < 1.29 is 31.9 Å². The summed E-state index contributed by atoms with van der Waals surface area (Å²) in [6, 6.07) is 4.80. The number of aromatic nitrogens is 2. The lowest BCUT2D eigenvalue weighted by atomic mass is 10.2. The van der Waals surface area contributed by atoms with Crippen LogP contribution in [-0.2, 0) is 33.6 Å². The van der Waals surface area contributed by atoms with Crippen LogP contribution in [0.4, 0.5) is 17.6 Å². The Morgan fingerprint density at radius 3 is 2.59 bits per heavy atom. The van der Waals surface area contributed by atoms with Crippen LogP contribution in [0, 0.1) is 5.82 Å². The molecule has 2 rings (SSSR count). The highest BCUT2D eigenvalue weighted by molar-refractivity contribution is 6.31. The van der Waals surface area contributed by atoms with Gasteiger partial charge in [-0.05, 0) is 18.2 Å². The predicted molar refractivity (Wildman–Crippen MR) is 86.1 cm³/mol. The maximum atomic E-state index is 13.7. The van der Waals surface area contributed by atoms with Crippen LogP contribution in [0.3, 0.4) is 0 Å². The van der Waals surface area contributed by atoms with E-state index < -0.39 is 42.7 Å². The van der Waals surface area contributed by atoms with Crippen LogP contribution in [0.25, 0.3) is 0 Å². The largest absolute Gasteiger partial charge is 0.454 e. The van der Waals surface area contributed by atoms with Gasteiger partial charge >= 0.3 is 12.1 Å². The minimum Gasteiger partial charge on any atom is -0.454 e. The van der Waals surface area contributed by atoms with Gasteiger partial charge in [-0.3, -0.25) is 14.3 Å². The van der Waals surface area contributed by atoms with Crippen molar-refractivity contribution in [2.45, 2.75) is 19.3 Å². The van der Waals surface area contributed by atoms with Gasteiger partial charge in [-0.25, -0.2) is 4.39 Å². The van der Waals surface area contributed by atoms with Gasteiger partial charge in [0.1, 0.15) is 12.4 Å². The Hall–Kier alpha value is -2.62. The molecule has 0 aliphatic rings. The molecule has 0 unspecified atom stereocenters. The molecular weight excluding hydrogens is 394 g/mol. The number of amides is 1. The first-order valence-electron chi connectivity index (χ1n) is 7.51. The molecule has 0 saturated carbocycles. The molecule has 1 amide bonds. The molecule has 27 heavy (non-hydrogen) atoms. The van der Waals surface area contributed by atoms with Crippen LogP contribution in [0.15, 0.2) is 30.5 Å². The Bertz CT molecular complexity index is 818. The molecule has 2 aromatic rings. The molecule has 0 N–H and O–H groups in total. The van der Waals surface area contributed by atoms with E-state index in [4.69, 9.17) is 16.3 Å². The fourth-order valence-electron chi connectivity index (χ4n) is 2.04. The first-order valence-corrected chi connectivity index (χ1v) is 7.89.